The van der Waals surface area contributed by atoms with Gasteiger partial charge in [0.2, 0.25) is 11.8 Å². The minimum Gasteiger partial charge on any atom is -0.438 e. The molecule has 2 aromatic carbocycles. The van der Waals surface area contributed by atoms with Gasteiger partial charge in [0, 0.05) is 29.6 Å². The quantitative estimate of drug-likeness (QED) is 0.352. The summed E-state index contributed by atoms with van der Waals surface area (Å²) in [5.41, 5.74) is 7.49. The minimum absolute atomic E-state index is 0.0684. The van der Waals surface area contributed by atoms with Crippen molar-refractivity contribution in [1.82, 2.24) is 14.8 Å². The third-order valence-electron chi connectivity index (χ3n) is 4.47. The fourth-order valence-corrected chi connectivity index (χ4v) is 2.98. The zero-order valence-corrected chi connectivity index (χ0v) is 15.9. The Morgan fingerprint density at radius 3 is 2.63 bits per heavy atom. The van der Waals surface area contributed by atoms with Gasteiger partial charge in [0.1, 0.15) is 17.1 Å². The topological polar surface area (TPSA) is 131 Å². The molecule has 0 bridgehead atoms. The normalized spacial score (nSPS) is 10.7. The molecule has 0 saturated heterocycles. The highest BCUT2D eigenvalue weighted by atomic mass is 16.5. The molecule has 30 heavy (non-hydrogen) atoms. The van der Waals surface area contributed by atoms with Gasteiger partial charge in [0.25, 0.3) is 0 Å². The standard InChI is InChI=1S/C22H18N6O2/c23-19-9-10-21(30-17-6-4-15(5-7-17)22(25)29)27-28(19)20(24)13-14-3-8-18-16(12-14)2-1-11-26-18/h1-12,23-24H,13H2,(H2,25,29). The van der Waals surface area contributed by atoms with E-state index in [1.54, 1.807) is 36.5 Å². The molecule has 2 aromatic heterocycles. The summed E-state index contributed by atoms with van der Waals surface area (Å²) in [6.07, 6.45) is 2.04. The van der Waals surface area contributed by atoms with Crippen molar-refractivity contribution in [2.45, 2.75) is 6.42 Å². The van der Waals surface area contributed by atoms with E-state index in [0.29, 0.717) is 17.7 Å². The van der Waals surface area contributed by atoms with Crippen LogP contribution in [0.15, 0.2) is 72.9 Å². The van der Waals surface area contributed by atoms with Crippen molar-refractivity contribution < 1.29 is 9.53 Å². The Labute approximate surface area is 171 Å². The molecule has 8 nitrogen and oxygen atoms in total. The molecule has 1 amide bonds. The second-order valence-electron chi connectivity index (χ2n) is 6.61. The molecule has 148 valence electrons. The fourth-order valence-electron chi connectivity index (χ4n) is 2.98. The number of nitrogens with zero attached hydrogens (tertiary/aromatic N) is 3. The molecule has 0 aliphatic heterocycles. The number of carbonyl (C=O) groups is 1. The molecular formula is C22H18N6O2. The van der Waals surface area contributed by atoms with Gasteiger partial charge in [-0.1, -0.05) is 12.1 Å². The maximum atomic E-state index is 11.2. The molecule has 0 saturated carbocycles. The van der Waals surface area contributed by atoms with Crippen LogP contribution in [0.2, 0.25) is 0 Å². The third-order valence-corrected chi connectivity index (χ3v) is 4.47. The second kappa shape index (κ2) is 7.96. The number of primary amides is 1. The number of ether oxygens (including phenoxy) is 1. The Bertz CT molecular complexity index is 1310. The van der Waals surface area contributed by atoms with Crippen LogP contribution in [-0.2, 0) is 6.42 Å². The van der Waals surface area contributed by atoms with Gasteiger partial charge in [0.05, 0.1) is 5.52 Å². The van der Waals surface area contributed by atoms with Crippen molar-refractivity contribution in [3.05, 3.63) is 89.5 Å². The number of aromatic nitrogens is 3. The first-order valence-corrected chi connectivity index (χ1v) is 9.14. The predicted octanol–water partition coefficient (Wildman–Crippen LogP) is 2.87. The average Bonchev–Trinajstić information content (AvgIpc) is 2.75. The SMILES string of the molecule is N=C(Cc1ccc2ncccc2c1)n1nc(Oc2ccc(C(N)=O)cc2)ccc1=N. The Kier molecular flexibility index (Phi) is 5.04. The zero-order chi connectivity index (χ0) is 21.1. The van der Waals surface area contributed by atoms with Crippen LogP contribution in [0.3, 0.4) is 0 Å². The van der Waals surface area contributed by atoms with Crippen LogP contribution in [0.1, 0.15) is 15.9 Å². The van der Waals surface area contributed by atoms with Crippen molar-refractivity contribution in [2.24, 2.45) is 5.73 Å². The number of nitrogens with two attached hydrogens (primary N) is 1. The van der Waals surface area contributed by atoms with Gasteiger partial charge in [-0.05, 0) is 54.1 Å². The first-order valence-electron chi connectivity index (χ1n) is 9.14. The number of carbonyl (C=O) groups excluding carboxylic acids is 1. The van der Waals surface area contributed by atoms with E-state index in [9.17, 15) is 4.79 Å². The number of nitrogens with one attached hydrogen (secondary N) is 2. The highest BCUT2D eigenvalue weighted by Crippen LogP contribution is 2.19. The number of pyridine rings is 1. The lowest BCUT2D eigenvalue weighted by Crippen LogP contribution is -2.30. The molecule has 8 heteroatoms. The van der Waals surface area contributed by atoms with E-state index in [1.807, 2.05) is 30.3 Å². The molecule has 0 radical (unpaired) electrons. The molecule has 0 spiro atoms. The number of hydrogen-bond acceptors (Lipinski definition) is 6. The molecule has 0 atom stereocenters. The molecule has 4 rings (SSSR count). The van der Waals surface area contributed by atoms with E-state index in [4.69, 9.17) is 21.3 Å². The summed E-state index contributed by atoms with van der Waals surface area (Å²) in [6.45, 7) is 0. The Morgan fingerprint density at radius 2 is 1.87 bits per heavy atom. The first-order chi connectivity index (χ1) is 14.5. The van der Waals surface area contributed by atoms with Crippen LogP contribution in [-0.4, -0.2) is 26.5 Å². The summed E-state index contributed by atoms with van der Waals surface area (Å²) in [4.78, 5) is 15.5. The lowest BCUT2D eigenvalue weighted by atomic mass is 10.1. The maximum absolute atomic E-state index is 11.2. The van der Waals surface area contributed by atoms with Crippen molar-refractivity contribution in [3.63, 3.8) is 0 Å². The Hall–Kier alpha value is -4.33. The highest BCUT2D eigenvalue weighted by molar-refractivity contribution is 5.92. The van der Waals surface area contributed by atoms with Crippen LogP contribution in [0.25, 0.3) is 10.9 Å². The smallest absolute Gasteiger partial charge is 0.248 e. The van der Waals surface area contributed by atoms with Gasteiger partial charge in [-0.2, -0.15) is 4.68 Å². The summed E-state index contributed by atoms with van der Waals surface area (Å²) < 4.78 is 6.92. The van der Waals surface area contributed by atoms with Gasteiger partial charge < -0.3 is 10.5 Å². The maximum Gasteiger partial charge on any atom is 0.248 e. The minimum atomic E-state index is -0.519. The van der Waals surface area contributed by atoms with Crippen molar-refractivity contribution in [2.75, 3.05) is 0 Å². The molecule has 4 aromatic rings. The van der Waals surface area contributed by atoms with Gasteiger partial charge in [-0.25, -0.2) is 0 Å². The summed E-state index contributed by atoms with van der Waals surface area (Å²) >= 11 is 0. The van der Waals surface area contributed by atoms with Crippen LogP contribution < -0.4 is 16.0 Å². The molecule has 2 heterocycles. The summed E-state index contributed by atoms with van der Waals surface area (Å²) in [6, 6.07) is 19.0. The number of rotatable bonds is 5. The van der Waals surface area contributed by atoms with E-state index in [2.05, 4.69) is 10.1 Å². The van der Waals surface area contributed by atoms with Crippen molar-refractivity contribution >= 4 is 22.6 Å². The number of hydrogen-bond donors (Lipinski definition) is 3. The molecule has 4 N–H and O–H groups in total. The number of amides is 1. The van der Waals surface area contributed by atoms with Crippen molar-refractivity contribution in [3.8, 4) is 11.6 Å². The molecule has 0 unspecified atom stereocenters. The van der Waals surface area contributed by atoms with Gasteiger partial charge in [0.15, 0.2) is 0 Å². The van der Waals surface area contributed by atoms with E-state index < -0.39 is 5.91 Å². The third kappa shape index (κ3) is 4.07. The van der Waals surface area contributed by atoms with E-state index in [-0.39, 0.29) is 17.2 Å². The lowest BCUT2D eigenvalue weighted by Gasteiger charge is -2.11. The fraction of sp³-hybridized carbons (Fsp3) is 0.0455. The van der Waals surface area contributed by atoms with Crippen LogP contribution in [0.4, 0.5) is 0 Å². The van der Waals surface area contributed by atoms with E-state index in [1.165, 1.54) is 10.7 Å². The van der Waals surface area contributed by atoms with Crippen molar-refractivity contribution in [1.29, 1.82) is 10.8 Å². The average molecular weight is 398 g/mol. The van der Waals surface area contributed by atoms with Crippen LogP contribution in [0.5, 0.6) is 11.6 Å². The largest absolute Gasteiger partial charge is 0.438 e. The van der Waals surface area contributed by atoms with E-state index >= 15 is 0 Å². The Balaban J connectivity index is 1.55. The molecule has 0 aliphatic rings. The summed E-state index contributed by atoms with van der Waals surface area (Å²) in [5, 5.41) is 21.8. The molecular weight excluding hydrogens is 380 g/mol. The van der Waals surface area contributed by atoms with Gasteiger partial charge in [-0.15, -0.1) is 5.10 Å². The second-order valence-corrected chi connectivity index (χ2v) is 6.61. The summed E-state index contributed by atoms with van der Waals surface area (Å²) in [5.74, 6) is 0.308. The van der Waals surface area contributed by atoms with Gasteiger partial charge >= 0.3 is 0 Å². The molecule has 0 fully saturated rings. The lowest BCUT2D eigenvalue weighted by molar-refractivity contribution is 0.100. The first kappa shape index (κ1) is 19.0. The number of benzene rings is 2. The predicted molar refractivity (Wildman–Crippen MR) is 112 cm³/mol. The van der Waals surface area contributed by atoms with E-state index in [0.717, 1.165) is 16.5 Å². The summed E-state index contributed by atoms with van der Waals surface area (Å²) in [7, 11) is 0. The van der Waals surface area contributed by atoms with Gasteiger partial charge in [-0.3, -0.25) is 20.6 Å². The number of fused-ring (bicyclic) bond motifs is 1. The zero-order valence-electron chi connectivity index (χ0n) is 15.9. The van der Waals surface area contributed by atoms with Crippen LogP contribution >= 0.6 is 0 Å². The van der Waals surface area contributed by atoms with Crippen LogP contribution in [0, 0.1) is 10.8 Å². The monoisotopic (exact) mass is 398 g/mol. The molecule has 0 aliphatic carbocycles. The highest BCUT2D eigenvalue weighted by Gasteiger charge is 2.09. The Morgan fingerprint density at radius 1 is 1.07 bits per heavy atom.